The number of hydrogen-bond acceptors (Lipinski definition) is 0. The van der Waals surface area contributed by atoms with Gasteiger partial charge in [-0.3, -0.25) is 0 Å². The Morgan fingerprint density at radius 1 is 1.08 bits per heavy atom. The summed E-state index contributed by atoms with van der Waals surface area (Å²) in [5, 5.41) is 0. The molecule has 0 atom stereocenters. The standard InChI is InChI=1S/C12H26Si/c1-12(2,3)10-11-6-8-13(4,5)9-7-11/h11H,6-10H2,1-5H3. The minimum absolute atomic E-state index is 0.549. The predicted octanol–water partition coefficient (Wildman–Crippen LogP) is 4.54. The molecule has 0 saturated carbocycles. The van der Waals surface area contributed by atoms with Gasteiger partial charge in [0, 0.05) is 8.07 Å². The Bertz CT molecular complexity index is 154. The van der Waals surface area contributed by atoms with E-state index in [2.05, 4.69) is 33.9 Å². The van der Waals surface area contributed by atoms with Crippen molar-refractivity contribution in [2.24, 2.45) is 11.3 Å². The van der Waals surface area contributed by atoms with Crippen molar-refractivity contribution in [2.45, 2.75) is 65.2 Å². The molecule has 1 saturated heterocycles. The first-order valence-electron chi connectivity index (χ1n) is 5.79. The van der Waals surface area contributed by atoms with Gasteiger partial charge in [0.15, 0.2) is 0 Å². The Morgan fingerprint density at radius 2 is 1.54 bits per heavy atom. The van der Waals surface area contributed by atoms with E-state index < -0.39 is 8.07 Å². The van der Waals surface area contributed by atoms with Crippen LogP contribution in [0.25, 0.3) is 0 Å². The number of rotatable bonds is 1. The summed E-state index contributed by atoms with van der Waals surface area (Å²) in [6.45, 7) is 12.2. The van der Waals surface area contributed by atoms with Gasteiger partial charge in [-0.1, -0.05) is 58.8 Å². The van der Waals surface area contributed by atoms with Crippen molar-refractivity contribution in [2.75, 3.05) is 0 Å². The van der Waals surface area contributed by atoms with Crippen molar-refractivity contribution in [3.63, 3.8) is 0 Å². The molecule has 1 aliphatic heterocycles. The van der Waals surface area contributed by atoms with E-state index in [1.165, 1.54) is 19.3 Å². The maximum atomic E-state index is 2.56. The molecule has 1 rings (SSSR count). The second-order valence-corrected chi connectivity index (χ2v) is 12.2. The Morgan fingerprint density at radius 3 is 1.92 bits per heavy atom. The van der Waals surface area contributed by atoms with Gasteiger partial charge in [0.25, 0.3) is 0 Å². The molecular weight excluding hydrogens is 172 g/mol. The van der Waals surface area contributed by atoms with Gasteiger partial charge in [-0.2, -0.15) is 0 Å². The van der Waals surface area contributed by atoms with Gasteiger partial charge < -0.3 is 0 Å². The minimum Gasteiger partial charge on any atom is -0.0693 e. The van der Waals surface area contributed by atoms with Gasteiger partial charge in [-0.25, -0.2) is 0 Å². The molecule has 1 heterocycles. The van der Waals surface area contributed by atoms with E-state index in [1.54, 1.807) is 12.1 Å². The largest absolute Gasteiger partial charge is 0.0693 e. The third kappa shape index (κ3) is 4.30. The van der Waals surface area contributed by atoms with Crippen LogP contribution in [0.15, 0.2) is 0 Å². The summed E-state index contributed by atoms with van der Waals surface area (Å²) < 4.78 is 0. The quantitative estimate of drug-likeness (QED) is 0.543. The molecule has 0 radical (unpaired) electrons. The fourth-order valence-electron chi connectivity index (χ4n) is 2.53. The molecule has 13 heavy (non-hydrogen) atoms. The molecule has 0 bridgehead atoms. The summed E-state index contributed by atoms with van der Waals surface area (Å²) in [5.41, 5.74) is 0.549. The van der Waals surface area contributed by atoms with Crippen LogP contribution in [-0.2, 0) is 0 Å². The zero-order chi connectivity index (χ0) is 10.1. The average molecular weight is 198 g/mol. The van der Waals surface area contributed by atoms with Gasteiger partial charge in [0.05, 0.1) is 0 Å². The molecular formula is C12H26Si. The van der Waals surface area contributed by atoms with Crippen molar-refractivity contribution in [1.29, 1.82) is 0 Å². The van der Waals surface area contributed by atoms with Crippen molar-refractivity contribution in [1.82, 2.24) is 0 Å². The molecule has 0 nitrogen and oxygen atoms in total. The molecule has 0 aromatic heterocycles. The Hall–Kier alpha value is 0.217. The first-order chi connectivity index (χ1) is 5.79. The molecule has 1 heteroatoms. The summed E-state index contributed by atoms with van der Waals surface area (Å²) in [5.74, 6) is 1.04. The van der Waals surface area contributed by atoms with Crippen LogP contribution < -0.4 is 0 Å². The third-order valence-electron chi connectivity index (χ3n) is 3.36. The van der Waals surface area contributed by atoms with Crippen LogP contribution in [0, 0.1) is 11.3 Å². The Labute approximate surface area is 85.1 Å². The highest BCUT2D eigenvalue weighted by molar-refractivity contribution is 6.77. The van der Waals surface area contributed by atoms with Crippen LogP contribution in [0.2, 0.25) is 25.2 Å². The summed E-state index contributed by atoms with van der Waals surface area (Å²) in [4.78, 5) is 0. The van der Waals surface area contributed by atoms with Gasteiger partial charge in [-0.05, 0) is 17.8 Å². The molecule has 0 aromatic rings. The maximum Gasteiger partial charge on any atom is 0.0473 e. The SMILES string of the molecule is CC(C)(C)CC1CC[Si](C)(C)CC1. The van der Waals surface area contributed by atoms with Gasteiger partial charge >= 0.3 is 0 Å². The lowest BCUT2D eigenvalue weighted by molar-refractivity contribution is 0.275. The van der Waals surface area contributed by atoms with Gasteiger partial charge in [0.1, 0.15) is 0 Å². The number of hydrogen-bond donors (Lipinski definition) is 0. The van der Waals surface area contributed by atoms with E-state index in [0.29, 0.717) is 5.41 Å². The molecule has 0 N–H and O–H groups in total. The van der Waals surface area contributed by atoms with Crippen molar-refractivity contribution < 1.29 is 0 Å². The monoisotopic (exact) mass is 198 g/mol. The highest BCUT2D eigenvalue weighted by atomic mass is 28.3. The molecule has 0 unspecified atom stereocenters. The molecule has 0 spiro atoms. The molecule has 0 amide bonds. The van der Waals surface area contributed by atoms with Crippen LogP contribution in [0.1, 0.15) is 40.0 Å². The van der Waals surface area contributed by atoms with Gasteiger partial charge in [-0.15, -0.1) is 0 Å². The Balaban J connectivity index is 2.34. The zero-order valence-electron chi connectivity index (χ0n) is 10.1. The van der Waals surface area contributed by atoms with Crippen LogP contribution >= 0.6 is 0 Å². The second-order valence-electron chi connectivity index (χ2n) is 6.87. The average Bonchev–Trinajstić information content (AvgIpc) is 1.91. The van der Waals surface area contributed by atoms with E-state index in [4.69, 9.17) is 0 Å². The lowest BCUT2D eigenvalue weighted by Crippen LogP contribution is -2.32. The first-order valence-corrected chi connectivity index (χ1v) is 9.20. The maximum absolute atomic E-state index is 2.56. The topological polar surface area (TPSA) is 0 Å². The molecule has 0 aliphatic carbocycles. The predicted molar refractivity (Wildman–Crippen MR) is 63.9 cm³/mol. The summed E-state index contributed by atoms with van der Waals surface area (Å²) in [6.07, 6.45) is 4.49. The summed E-state index contributed by atoms with van der Waals surface area (Å²) >= 11 is 0. The summed E-state index contributed by atoms with van der Waals surface area (Å²) in [7, 11) is -0.708. The van der Waals surface area contributed by atoms with Crippen molar-refractivity contribution >= 4 is 8.07 Å². The summed E-state index contributed by atoms with van der Waals surface area (Å²) in [6, 6.07) is 3.15. The highest BCUT2D eigenvalue weighted by Gasteiger charge is 2.30. The van der Waals surface area contributed by atoms with E-state index >= 15 is 0 Å². The van der Waals surface area contributed by atoms with Crippen LogP contribution in [-0.4, -0.2) is 8.07 Å². The van der Waals surface area contributed by atoms with Gasteiger partial charge in [0.2, 0.25) is 0 Å². The van der Waals surface area contributed by atoms with Crippen LogP contribution in [0.4, 0.5) is 0 Å². The molecule has 1 fully saturated rings. The zero-order valence-corrected chi connectivity index (χ0v) is 11.1. The normalized spacial score (nSPS) is 24.7. The van der Waals surface area contributed by atoms with E-state index in [-0.39, 0.29) is 0 Å². The van der Waals surface area contributed by atoms with E-state index in [1.807, 2.05) is 0 Å². The third-order valence-corrected chi connectivity index (χ3v) is 6.64. The van der Waals surface area contributed by atoms with Crippen LogP contribution in [0.5, 0.6) is 0 Å². The second kappa shape index (κ2) is 3.76. The lowest BCUT2D eigenvalue weighted by atomic mass is 9.82. The van der Waals surface area contributed by atoms with E-state index in [9.17, 15) is 0 Å². The minimum atomic E-state index is -0.708. The molecule has 78 valence electrons. The molecule has 0 aromatic carbocycles. The van der Waals surface area contributed by atoms with Crippen molar-refractivity contribution in [3.8, 4) is 0 Å². The first kappa shape index (κ1) is 11.3. The fraction of sp³-hybridized carbons (Fsp3) is 1.00. The smallest absolute Gasteiger partial charge is 0.0473 e. The fourth-order valence-corrected chi connectivity index (χ4v) is 5.16. The highest BCUT2D eigenvalue weighted by Crippen LogP contribution is 2.38. The Kier molecular flexibility index (Phi) is 3.27. The van der Waals surface area contributed by atoms with Crippen molar-refractivity contribution in [3.05, 3.63) is 0 Å². The van der Waals surface area contributed by atoms with Crippen LogP contribution in [0.3, 0.4) is 0 Å². The molecule has 1 aliphatic rings. The van der Waals surface area contributed by atoms with E-state index in [0.717, 1.165) is 5.92 Å². The lowest BCUT2D eigenvalue weighted by Gasteiger charge is -2.35.